The number of thiocarbonyl (C=S) groups is 1. The summed E-state index contributed by atoms with van der Waals surface area (Å²) in [4.78, 5) is 45.8. The minimum atomic E-state index is -0.830. The summed E-state index contributed by atoms with van der Waals surface area (Å²) < 4.78 is 0. The van der Waals surface area contributed by atoms with E-state index < -0.39 is 27.1 Å². The van der Waals surface area contributed by atoms with Crippen molar-refractivity contribution in [3.05, 3.63) is 73.8 Å². The lowest BCUT2D eigenvalue weighted by Gasteiger charge is -2.11. The van der Waals surface area contributed by atoms with Gasteiger partial charge in [-0.25, -0.2) is 0 Å². The Labute approximate surface area is 182 Å². The third-order valence-electron chi connectivity index (χ3n) is 4.15. The van der Waals surface area contributed by atoms with Crippen LogP contribution in [0.1, 0.15) is 22.3 Å². The van der Waals surface area contributed by atoms with Gasteiger partial charge >= 0.3 is 0 Å². The maximum Gasteiger partial charge on any atom is 0.277 e. The summed E-state index contributed by atoms with van der Waals surface area (Å²) in [6.07, 6.45) is 0.952. The number of non-ortho nitro benzene ring substituents is 2. The average molecular weight is 445 g/mol. The summed E-state index contributed by atoms with van der Waals surface area (Å²) in [6.45, 7) is 0. The molecule has 11 nitrogen and oxygen atoms in total. The number of carbonyl (C=O) groups is 2. The summed E-state index contributed by atoms with van der Waals surface area (Å²) in [7, 11) is 3.38. The molecule has 31 heavy (non-hydrogen) atoms. The Kier molecular flexibility index (Phi) is 7.69. The van der Waals surface area contributed by atoms with Crippen molar-refractivity contribution in [2.24, 2.45) is 0 Å². The van der Waals surface area contributed by atoms with Crippen molar-refractivity contribution < 1.29 is 19.4 Å². The van der Waals surface area contributed by atoms with E-state index >= 15 is 0 Å². The van der Waals surface area contributed by atoms with Crippen LogP contribution in [0, 0.1) is 20.2 Å². The fourth-order valence-electron chi connectivity index (χ4n) is 2.50. The maximum atomic E-state index is 12.3. The van der Waals surface area contributed by atoms with E-state index in [0.29, 0.717) is 18.5 Å². The molecule has 0 heterocycles. The number of hydrogen-bond donors (Lipinski definition) is 2. The molecule has 0 saturated heterocycles. The molecule has 0 radical (unpaired) electrons. The first-order chi connectivity index (χ1) is 14.6. The van der Waals surface area contributed by atoms with E-state index in [0.717, 1.165) is 23.8 Å². The number of hydrogen-bond acceptors (Lipinski definition) is 7. The quantitative estimate of drug-likeness (QED) is 0.375. The van der Waals surface area contributed by atoms with Gasteiger partial charge in [0.2, 0.25) is 5.91 Å². The Morgan fingerprint density at radius 3 is 2.03 bits per heavy atom. The lowest BCUT2D eigenvalue weighted by atomic mass is 10.1. The van der Waals surface area contributed by atoms with Crippen molar-refractivity contribution in [3.63, 3.8) is 0 Å². The molecule has 0 aliphatic heterocycles. The number of nitro benzene ring substituents is 2. The molecule has 0 atom stereocenters. The maximum absolute atomic E-state index is 12.3. The molecule has 162 valence electrons. The monoisotopic (exact) mass is 445 g/mol. The number of anilines is 1. The molecule has 2 rings (SSSR count). The number of amides is 2. The smallest absolute Gasteiger partial charge is 0.277 e. The normalized spacial score (nSPS) is 10.1. The van der Waals surface area contributed by atoms with Crippen LogP contribution in [0.5, 0.6) is 0 Å². The van der Waals surface area contributed by atoms with Gasteiger partial charge in [-0.05, 0) is 36.3 Å². The zero-order chi connectivity index (χ0) is 23.1. The molecule has 0 aromatic heterocycles. The van der Waals surface area contributed by atoms with Gasteiger partial charge in [-0.3, -0.25) is 35.1 Å². The van der Waals surface area contributed by atoms with Crippen LogP contribution in [0.15, 0.2) is 42.5 Å². The SMILES string of the molecule is CN(C)C(=O)CCc1ccc(NC(=S)NC(=O)c2cc([N+](=O)[O-])cc([N+](=O)[O-])c2)cc1. The minimum absolute atomic E-state index is 0.0208. The molecule has 0 bridgehead atoms. The molecular formula is C19H19N5O6S. The Bertz CT molecular complexity index is 1010. The van der Waals surface area contributed by atoms with Crippen molar-refractivity contribution >= 4 is 46.2 Å². The van der Waals surface area contributed by atoms with E-state index in [9.17, 15) is 29.8 Å². The third kappa shape index (κ3) is 6.82. The lowest BCUT2D eigenvalue weighted by Crippen LogP contribution is -2.34. The predicted octanol–water partition coefficient (Wildman–Crippen LogP) is 2.65. The average Bonchev–Trinajstić information content (AvgIpc) is 2.72. The van der Waals surface area contributed by atoms with E-state index in [1.165, 1.54) is 4.90 Å². The molecule has 2 amide bonds. The number of rotatable bonds is 7. The fraction of sp³-hybridized carbons (Fsp3) is 0.211. The van der Waals surface area contributed by atoms with Crippen molar-refractivity contribution in [2.75, 3.05) is 19.4 Å². The molecule has 0 saturated carbocycles. The predicted molar refractivity (Wildman–Crippen MR) is 117 cm³/mol. The molecule has 2 aromatic rings. The first-order valence-electron chi connectivity index (χ1n) is 8.92. The standard InChI is InChI=1S/C19H19N5O6S/c1-22(2)17(25)8-5-12-3-6-14(7-4-12)20-19(31)21-18(26)13-9-15(23(27)28)11-16(10-13)24(29)30/h3-4,6-7,9-11H,5,8H2,1-2H3,(H2,20,21,26,31). The number of nitrogens with zero attached hydrogens (tertiary/aromatic N) is 3. The Morgan fingerprint density at radius 2 is 1.55 bits per heavy atom. The molecule has 0 spiro atoms. The van der Waals surface area contributed by atoms with Crippen LogP contribution >= 0.6 is 12.2 Å². The number of nitro groups is 2. The Morgan fingerprint density at radius 1 is 1.00 bits per heavy atom. The van der Waals surface area contributed by atoms with Gasteiger partial charge in [0.15, 0.2) is 5.11 Å². The van der Waals surface area contributed by atoms with Crippen molar-refractivity contribution in [1.29, 1.82) is 0 Å². The van der Waals surface area contributed by atoms with Crippen molar-refractivity contribution in [3.8, 4) is 0 Å². The summed E-state index contributed by atoms with van der Waals surface area (Å²) in [5, 5.41) is 26.9. The molecule has 12 heteroatoms. The number of carbonyl (C=O) groups excluding carboxylic acids is 2. The van der Waals surface area contributed by atoms with Gasteiger partial charge in [0.05, 0.1) is 21.5 Å². The highest BCUT2D eigenvalue weighted by Gasteiger charge is 2.20. The van der Waals surface area contributed by atoms with E-state index in [2.05, 4.69) is 10.6 Å². The third-order valence-corrected chi connectivity index (χ3v) is 4.36. The number of nitrogens with one attached hydrogen (secondary N) is 2. The molecule has 2 aromatic carbocycles. The number of benzene rings is 2. The van der Waals surface area contributed by atoms with Gasteiger partial charge in [-0.2, -0.15) is 0 Å². The summed E-state index contributed by atoms with van der Waals surface area (Å²) in [5.41, 5.74) is 0.0757. The molecule has 0 fully saturated rings. The van der Waals surface area contributed by atoms with Crippen molar-refractivity contribution in [2.45, 2.75) is 12.8 Å². The molecule has 0 aliphatic rings. The van der Waals surface area contributed by atoms with Crippen molar-refractivity contribution in [1.82, 2.24) is 10.2 Å². The van der Waals surface area contributed by atoms with Gasteiger partial charge in [0, 0.05) is 38.3 Å². The van der Waals surface area contributed by atoms with Crippen LogP contribution in [-0.2, 0) is 11.2 Å². The molecule has 0 unspecified atom stereocenters. The van der Waals surface area contributed by atoms with Gasteiger partial charge in [0.25, 0.3) is 17.3 Å². The van der Waals surface area contributed by atoms with Crippen LogP contribution in [0.3, 0.4) is 0 Å². The second-order valence-electron chi connectivity index (χ2n) is 6.65. The van der Waals surface area contributed by atoms with Gasteiger partial charge in [-0.1, -0.05) is 12.1 Å². The van der Waals surface area contributed by atoms with Crippen LogP contribution < -0.4 is 10.6 Å². The van der Waals surface area contributed by atoms with E-state index in [4.69, 9.17) is 12.2 Å². The van der Waals surface area contributed by atoms with E-state index in [1.807, 2.05) is 0 Å². The lowest BCUT2D eigenvalue weighted by molar-refractivity contribution is -0.394. The molecule has 2 N–H and O–H groups in total. The molecule has 0 aliphatic carbocycles. The van der Waals surface area contributed by atoms with Gasteiger partial charge < -0.3 is 10.2 Å². The first-order valence-corrected chi connectivity index (χ1v) is 9.33. The van der Waals surface area contributed by atoms with E-state index in [1.54, 1.807) is 38.4 Å². The zero-order valence-corrected chi connectivity index (χ0v) is 17.5. The van der Waals surface area contributed by atoms with Crippen LogP contribution in [-0.4, -0.2) is 45.8 Å². The largest absolute Gasteiger partial charge is 0.349 e. The minimum Gasteiger partial charge on any atom is -0.349 e. The second kappa shape index (κ2) is 10.2. The van der Waals surface area contributed by atoms with E-state index in [-0.39, 0.29) is 16.6 Å². The topological polar surface area (TPSA) is 148 Å². The highest BCUT2D eigenvalue weighted by molar-refractivity contribution is 7.80. The van der Waals surface area contributed by atoms with Gasteiger partial charge in [0.1, 0.15) is 0 Å². The van der Waals surface area contributed by atoms with Gasteiger partial charge in [-0.15, -0.1) is 0 Å². The summed E-state index contributed by atoms with van der Waals surface area (Å²) in [6, 6.07) is 9.65. The fourth-order valence-corrected chi connectivity index (χ4v) is 2.71. The highest BCUT2D eigenvalue weighted by Crippen LogP contribution is 2.22. The zero-order valence-electron chi connectivity index (χ0n) is 16.7. The summed E-state index contributed by atoms with van der Waals surface area (Å²) >= 11 is 5.07. The van der Waals surface area contributed by atoms with Crippen LogP contribution in [0.25, 0.3) is 0 Å². The van der Waals surface area contributed by atoms with Crippen LogP contribution in [0.2, 0.25) is 0 Å². The first kappa shape index (κ1) is 23.3. The van der Waals surface area contributed by atoms with Crippen LogP contribution in [0.4, 0.5) is 17.1 Å². The second-order valence-corrected chi connectivity index (χ2v) is 7.05. The Balaban J connectivity index is 2.01. The number of aryl methyl sites for hydroxylation is 1. The highest BCUT2D eigenvalue weighted by atomic mass is 32.1. The summed E-state index contributed by atoms with van der Waals surface area (Å²) in [5.74, 6) is -0.810. The Hall–Kier alpha value is -3.93. The molecular weight excluding hydrogens is 426 g/mol.